The van der Waals surface area contributed by atoms with Crippen LogP contribution in [0.5, 0.6) is 5.75 Å². The smallest absolute Gasteiger partial charge is 0.223 e. The van der Waals surface area contributed by atoms with Crippen LogP contribution in [0.2, 0.25) is 0 Å². The molecule has 2 heterocycles. The molecule has 0 spiro atoms. The van der Waals surface area contributed by atoms with E-state index in [9.17, 15) is 5.11 Å². The Labute approximate surface area is 142 Å². The van der Waals surface area contributed by atoms with E-state index in [4.69, 9.17) is 9.26 Å². The highest BCUT2D eigenvalue weighted by molar-refractivity contribution is 5.27. The first-order valence-electron chi connectivity index (χ1n) is 8.50. The van der Waals surface area contributed by atoms with Gasteiger partial charge >= 0.3 is 0 Å². The van der Waals surface area contributed by atoms with Gasteiger partial charge in [-0.25, -0.2) is 0 Å². The Hall–Kier alpha value is -1.92. The van der Waals surface area contributed by atoms with Crippen molar-refractivity contribution in [1.29, 1.82) is 0 Å². The fourth-order valence-electron chi connectivity index (χ4n) is 3.11. The lowest BCUT2D eigenvalue weighted by Crippen LogP contribution is -2.42. The second-order valence-electron chi connectivity index (χ2n) is 6.57. The Balaban J connectivity index is 1.54. The topological polar surface area (TPSA) is 71.6 Å². The largest absolute Gasteiger partial charge is 0.485 e. The number of benzene rings is 1. The number of likely N-dealkylation sites (tertiary alicyclic amines) is 1. The van der Waals surface area contributed by atoms with E-state index in [2.05, 4.69) is 34.1 Å². The Bertz CT molecular complexity index is 641. The van der Waals surface area contributed by atoms with Gasteiger partial charge in [0.1, 0.15) is 5.75 Å². The number of piperidine rings is 1. The normalized spacial score (nSPS) is 21.8. The van der Waals surface area contributed by atoms with Gasteiger partial charge in [0.25, 0.3) is 0 Å². The van der Waals surface area contributed by atoms with Crippen LogP contribution in [-0.4, -0.2) is 39.3 Å². The minimum absolute atomic E-state index is 0.283. The van der Waals surface area contributed by atoms with E-state index in [1.807, 2.05) is 12.1 Å². The van der Waals surface area contributed by atoms with Crippen molar-refractivity contribution in [2.45, 2.75) is 45.9 Å². The molecule has 24 heavy (non-hydrogen) atoms. The fraction of sp³-hybridized carbons (Fsp3) is 0.556. The van der Waals surface area contributed by atoms with Crippen LogP contribution in [0, 0.1) is 12.8 Å². The minimum atomic E-state index is 0.283. The van der Waals surface area contributed by atoms with Gasteiger partial charge in [-0.2, -0.15) is 4.98 Å². The van der Waals surface area contributed by atoms with Gasteiger partial charge in [0, 0.05) is 32.7 Å². The molecule has 1 aliphatic heterocycles. The summed E-state index contributed by atoms with van der Waals surface area (Å²) in [6.45, 7) is 6.48. The van der Waals surface area contributed by atoms with E-state index < -0.39 is 0 Å². The number of hydrogen-bond donors (Lipinski definition) is 1. The van der Waals surface area contributed by atoms with Crippen LogP contribution in [0.15, 0.2) is 28.8 Å². The van der Waals surface area contributed by atoms with E-state index in [1.165, 1.54) is 5.56 Å². The molecule has 3 rings (SSSR count). The van der Waals surface area contributed by atoms with Gasteiger partial charge in [-0.05, 0) is 43.4 Å². The summed E-state index contributed by atoms with van der Waals surface area (Å²) in [6.07, 6.45) is 2.27. The first-order chi connectivity index (χ1) is 11.6. The third-order valence-electron chi connectivity index (χ3n) is 4.61. The molecule has 0 amide bonds. The van der Waals surface area contributed by atoms with Crippen molar-refractivity contribution in [3.63, 3.8) is 0 Å². The first kappa shape index (κ1) is 16.9. The molecule has 1 fully saturated rings. The summed E-state index contributed by atoms with van der Waals surface area (Å²) in [4.78, 5) is 6.56. The lowest BCUT2D eigenvalue weighted by Gasteiger charge is -2.37. The standard InChI is InChI=1S/C18H25N3O3/c1-13-3-4-16(11-22)10-21(13)9-15-5-7-17(8-6-15)23-12-18-19-14(2)24-20-18/h5-8,13,16,22H,3-4,9-12H2,1-2H3. The summed E-state index contributed by atoms with van der Waals surface area (Å²) in [6, 6.07) is 8.68. The SMILES string of the molecule is Cc1nc(COc2ccc(CN3CC(CO)CCC3C)cc2)no1. The lowest BCUT2D eigenvalue weighted by molar-refractivity contribution is 0.0771. The zero-order chi connectivity index (χ0) is 16.9. The number of aliphatic hydroxyl groups excluding tert-OH is 1. The molecule has 0 radical (unpaired) electrons. The molecule has 0 aliphatic carbocycles. The predicted octanol–water partition coefficient (Wildman–Crippen LogP) is 2.55. The van der Waals surface area contributed by atoms with Crippen LogP contribution in [0.1, 0.15) is 37.0 Å². The molecule has 1 aliphatic rings. The van der Waals surface area contributed by atoms with Gasteiger partial charge < -0.3 is 14.4 Å². The van der Waals surface area contributed by atoms with Crippen molar-refractivity contribution in [1.82, 2.24) is 15.0 Å². The Kier molecular flexibility index (Phi) is 5.48. The van der Waals surface area contributed by atoms with E-state index in [0.29, 0.717) is 30.3 Å². The summed E-state index contributed by atoms with van der Waals surface area (Å²) in [5, 5.41) is 13.2. The summed E-state index contributed by atoms with van der Waals surface area (Å²) in [5.74, 6) is 2.29. The summed E-state index contributed by atoms with van der Waals surface area (Å²) >= 11 is 0. The number of aliphatic hydroxyl groups is 1. The molecule has 1 aromatic heterocycles. The molecular formula is C18H25N3O3. The summed E-state index contributed by atoms with van der Waals surface area (Å²) < 4.78 is 10.6. The van der Waals surface area contributed by atoms with Crippen molar-refractivity contribution in [3.8, 4) is 5.75 Å². The van der Waals surface area contributed by atoms with Crippen LogP contribution < -0.4 is 4.74 Å². The Morgan fingerprint density at radius 3 is 2.75 bits per heavy atom. The molecular weight excluding hydrogens is 306 g/mol. The van der Waals surface area contributed by atoms with Crippen LogP contribution in [0.4, 0.5) is 0 Å². The monoisotopic (exact) mass is 331 g/mol. The maximum absolute atomic E-state index is 9.39. The number of hydrogen-bond acceptors (Lipinski definition) is 6. The van der Waals surface area contributed by atoms with Crippen LogP contribution >= 0.6 is 0 Å². The lowest BCUT2D eigenvalue weighted by atomic mass is 9.93. The molecule has 130 valence electrons. The van der Waals surface area contributed by atoms with Crippen molar-refractivity contribution in [3.05, 3.63) is 41.5 Å². The Morgan fingerprint density at radius 1 is 1.29 bits per heavy atom. The number of rotatable bonds is 6. The number of nitrogens with zero attached hydrogens (tertiary/aromatic N) is 3. The van der Waals surface area contributed by atoms with E-state index >= 15 is 0 Å². The van der Waals surface area contributed by atoms with Crippen molar-refractivity contribution in [2.75, 3.05) is 13.2 Å². The van der Waals surface area contributed by atoms with Crippen molar-refractivity contribution in [2.24, 2.45) is 5.92 Å². The van der Waals surface area contributed by atoms with Crippen LogP contribution in [0.25, 0.3) is 0 Å². The molecule has 6 heteroatoms. The molecule has 1 N–H and O–H groups in total. The maximum Gasteiger partial charge on any atom is 0.223 e. The Morgan fingerprint density at radius 2 is 2.08 bits per heavy atom. The van der Waals surface area contributed by atoms with Gasteiger partial charge in [0.15, 0.2) is 6.61 Å². The molecule has 2 atom stereocenters. The fourth-order valence-corrected chi connectivity index (χ4v) is 3.11. The van der Waals surface area contributed by atoms with Gasteiger partial charge in [0.05, 0.1) is 0 Å². The zero-order valence-electron chi connectivity index (χ0n) is 14.3. The van der Waals surface area contributed by atoms with Gasteiger partial charge in [-0.3, -0.25) is 4.90 Å². The van der Waals surface area contributed by atoms with Gasteiger partial charge in [-0.1, -0.05) is 17.3 Å². The molecule has 2 unspecified atom stereocenters. The molecule has 1 aromatic carbocycles. The van der Waals surface area contributed by atoms with Crippen molar-refractivity contribution >= 4 is 0 Å². The molecule has 0 bridgehead atoms. The second kappa shape index (κ2) is 7.77. The highest BCUT2D eigenvalue weighted by Gasteiger charge is 2.24. The van der Waals surface area contributed by atoms with Crippen LogP contribution in [0.3, 0.4) is 0 Å². The molecule has 2 aromatic rings. The maximum atomic E-state index is 9.39. The number of ether oxygens (including phenoxy) is 1. The van der Waals surface area contributed by atoms with Crippen LogP contribution in [-0.2, 0) is 13.2 Å². The number of aromatic nitrogens is 2. The average molecular weight is 331 g/mol. The third-order valence-corrected chi connectivity index (χ3v) is 4.61. The van der Waals surface area contributed by atoms with Gasteiger partial charge in [0.2, 0.25) is 11.7 Å². The summed E-state index contributed by atoms with van der Waals surface area (Å²) in [5.41, 5.74) is 1.25. The summed E-state index contributed by atoms with van der Waals surface area (Å²) in [7, 11) is 0. The average Bonchev–Trinajstić information content (AvgIpc) is 3.01. The van der Waals surface area contributed by atoms with E-state index in [1.54, 1.807) is 6.92 Å². The first-order valence-corrected chi connectivity index (χ1v) is 8.50. The van der Waals surface area contributed by atoms with E-state index in [0.717, 1.165) is 31.7 Å². The third kappa shape index (κ3) is 4.33. The highest BCUT2D eigenvalue weighted by Crippen LogP contribution is 2.24. The zero-order valence-corrected chi connectivity index (χ0v) is 14.3. The van der Waals surface area contributed by atoms with Crippen molar-refractivity contribution < 1.29 is 14.4 Å². The van der Waals surface area contributed by atoms with E-state index in [-0.39, 0.29) is 6.61 Å². The molecule has 1 saturated heterocycles. The van der Waals surface area contributed by atoms with Gasteiger partial charge in [-0.15, -0.1) is 0 Å². The predicted molar refractivity (Wildman–Crippen MR) is 89.5 cm³/mol. The molecule has 6 nitrogen and oxygen atoms in total. The highest BCUT2D eigenvalue weighted by atomic mass is 16.5. The minimum Gasteiger partial charge on any atom is -0.485 e. The molecule has 0 saturated carbocycles. The number of aryl methyl sites for hydroxylation is 1. The second-order valence-corrected chi connectivity index (χ2v) is 6.57. The quantitative estimate of drug-likeness (QED) is 0.877.